The zero-order valence-electron chi connectivity index (χ0n) is 9.55. The van der Waals surface area contributed by atoms with E-state index in [0.29, 0.717) is 12.2 Å². The van der Waals surface area contributed by atoms with Gasteiger partial charge >= 0.3 is 5.97 Å². The molecule has 5 nitrogen and oxygen atoms in total. The molecule has 0 saturated carbocycles. The van der Waals surface area contributed by atoms with Crippen LogP contribution < -0.4 is 5.73 Å². The zero-order chi connectivity index (χ0) is 12.3. The summed E-state index contributed by atoms with van der Waals surface area (Å²) in [6.07, 6.45) is 1.42. The largest absolute Gasteiger partial charge is 0.480 e. The summed E-state index contributed by atoms with van der Waals surface area (Å²) in [5.74, 6) is -0.748. The Balaban J connectivity index is 2.75. The van der Waals surface area contributed by atoms with Crippen molar-refractivity contribution in [3.05, 3.63) is 0 Å². The number of amides is 1. The molecule has 1 fully saturated rings. The van der Waals surface area contributed by atoms with E-state index in [1.165, 1.54) is 16.7 Å². The Labute approximate surface area is 99.4 Å². The predicted octanol–water partition coefficient (Wildman–Crippen LogP) is 0.488. The molecule has 1 rings (SSSR count). The maximum absolute atomic E-state index is 12.0. The van der Waals surface area contributed by atoms with Gasteiger partial charge in [-0.15, -0.1) is 11.8 Å². The number of hydrogen-bond acceptors (Lipinski definition) is 4. The van der Waals surface area contributed by atoms with Crippen LogP contribution in [-0.4, -0.2) is 45.1 Å². The first-order valence-corrected chi connectivity index (χ1v) is 6.46. The second-order valence-corrected chi connectivity index (χ2v) is 5.28. The number of hydrogen-bond donors (Lipinski definition) is 2. The van der Waals surface area contributed by atoms with Crippen LogP contribution >= 0.6 is 11.8 Å². The fraction of sp³-hybridized carbons (Fsp3) is 0.800. The van der Waals surface area contributed by atoms with Gasteiger partial charge < -0.3 is 15.7 Å². The van der Waals surface area contributed by atoms with Crippen molar-refractivity contribution in [1.82, 2.24) is 4.90 Å². The van der Waals surface area contributed by atoms with E-state index < -0.39 is 18.1 Å². The third kappa shape index (κ3) is 2.68. The molecule has 0 aromatic rings. The second kappa shape index (κ2) is 5.54. The summed E-state index contributed by atoms with van der Waals surface area (Å²) in [6, 6.07) is -1.30. The van der Waals surface area contributed by atoms with Crippen LogP contribution in [0.25, 0.3) is 0 Å². The summed E-state index contributed by atoms with van der Waals surface area (Å²) >= 11 is 1.47. The summed E-state index contributed by atoms with van der Waals surface area (Å²) < 4.78 is 0. The lowest BCUT2D eigenvalue weighted by molar-refractivity contribution is -0.149. The van der Waals surface area contributed by atoms with Gasteiger partial charge in [-0.3, -0.25) is 4.79 Å². The Bertz CT molecular complexity index is 285. The van der Waals surface area contributed by atoms with Crippen molar-refractivity contribution in [3.8, 4) is 0 Å². The van der Waals surface area contributed by atoms with Crippen molar-refractivity contribution in [3.63, 3.8) is 0 Å². The third-order valence-corrected chi connectivity index (χ3v) is 3.90. The highest BCUT2D eigenvalue weighted by atomic mass is 32.2. The molecule has 1 aliphatic heterocycles. The molecule has 0 aliphatic carbocycles. The summed E-state index contributed by atoms with van der Waals surface area (Å²) in [6.45, 7) is 3.79. The van der Waals surface area contributed by atoms with E-state index in [9.17, 15) is 9.59 Å². The van der Waals surface area contributed by atoms with Crippen LogP contribution in [0.3, 0.4) is 0 Å². The number of carboxylic acid groups (broad SMARTS) is 1. The Morgan fingerprint density at radius 3 is 2.75 bits per heavy atom. The Kier molecular flexibility index (Phi) is 4.61. The van der Waals surface area contributed by atoms with Crippen molar-refractivity contribution in [2.24, 2.45) is 5.73 Å². The molecule has 1 amide bonds. The Morgan fingerprint density at radius 1 is 1.62 bits per heavy atom. The maximum atomic E-state index is 12.0. The van der Waals surface area contributed by atoms with Crippen LogP contribution in [-0.2, 0) is 9.59 Å². The number of carboxylic acids is 1. The summed E-state index contributed by atoms with van der Waals surface area (Å²) in [4.78, 5) is 24.4. The molecule has 1 aliphatic rings. The van der Waals surface area contributed by atoms with E-state index in [2.05, 4.69) is 0 Å². The molecule has 1 heterocycles. The summed E-state index contributed by atoms with van der Waals surface area (Å²) in [5, 5.41) is 8.91. The minimum atomic E-state index is -0.950. The number of nitrogens with two attached hydrogens (primary N) is 1. The van der Waals surface area contributed by atoms with Crippen molar-refractivity contribution in [2.45, 2.75) is 44.1 Å². The van der Waals surface area contributed by atoms with E-state index in [-0.39, 0.29) is 11.3 Å². The molecule has 2 unspecified atom stereocenters. The van der Waals surface area contributed by atoms with Crippen LogP contribution in [0.1, 0.15) is 26.7 Å². The second-order valence-electron chi connectivity index (χ2n) is 3.93. The van der Waals surface area contributed by atoms with Crippen molar-refractivity contribution in [2.75, 3.05) is 5.75 Å². The van der Waals surface area contributed by atoms with Crippen molar-refractivity contribution in [1.29, 1.82) is 0 Å². The van der Waals surface area contributed by atoms with Crippen molar-refractivity contribution < 1.29 is 14.7 Å². The number of carbonyl (C=O) groups is 2. The highest BCUT2D eigenvalue weighted by molar-refractivity contribution is 8.00. The lowest BCUT2D eigenvalue weighted by atomic mass is 10.1. The monoisotopic (exact) mass is 246 g/mol. The molecule has 0 aromatic carbocycles. The van der Waals surface area contributed by atoms with Crippen LogP contribution in [0, 0.1) is 0 Å². The van der Waals surface area contributed by atoms with Gasteiger partial charge in [0.15, 0.2) is 0 Å². The number of aliphatic carboxylic acids is 1. The number of carbonyl (C=O) groups excluding carboxylic acids is 1. The van der Waals surface area contributed by atoms with Gasteiger partial charge in [0, 0.05) is 5.75 Å². The number of thioether (sulfide) groups is 1. The molecule has 0 aromatic heterocycles. The van der Waals surface area contributed by atoms with Crippen LogP contribution in [0.15, 0.2) is 0 Å². The maximum Gasteiger partial charge on any atom is 0.327 e. The van der Waals surface area contributed by atoms with Crippen LogP contribution in [0.2, 0.25) is 0 Å². The Morgan fingerprint density at radius 2 is 2.25 bits per heavy atom. The van der Waals surface area contributed by atoms with Gasteiger partial charge in [-0.05, 0) is 13.3 Å². The van der Waals surface area contributed by atoms with Gasteiger partial charge in [-0.25, -0.2) is 4.79 Å². The predicted molar refractivity (Wildman–Crippen MR) is 63.1 cm³/mol. The van der Waals surface area contributed by atoms with Gasteiger partial charge in [0.25, 0.3) is 0 Å². The van der Waals surface area contributed by atoms with Gasteiger partial charge in [0.2, 0.25) is 5.91 Å². The normalized spacial score (nSPS) is 26.8. The molecular formula is C10H18N2O3S. The lowest BCUT2D eigenvalue weighted by Gasteiger charge is -2.27. The standard InChI is InChI=1S/C10H18N2O3S/c1-3-4-7(11)9(13)12-6(2)16-5-8(12)10(14)15/h6-8H,3-5,11H2,1-2H3,(H,14,15)/t6?,7-,8?/m1/s1. The first kappa shape index (κ1) is 13.3. The van der Waals surface area contributed by atoms with E-state index in [1.807, 2.05) is 13.8 Å². The molecule has 0 spiro atoms. The molecule has 6 heteroatoms. The minimum absolute atomic E-state index is 0.100. The number of rotatable bonds is 4. The smallest absolute Gasteiger partial charge is 0.327 e. The zero-order valence-corrected chi connectivity index (χ0v) is 10.4. The molecule has 92 valence electrons. The third-order valence-electron chi connectivity index (χ3n) is 2.68. The van der Waals surface area contributed by atoms with E-state index in [0.717, 1.165) is 6.42 Å². The summed E-state index contributed by atoms with van der Waals surface area (Å²) in [5.41, 5.74) is 5.74. The first-order chi connectivity index (χ1) is 7.49. The summed E-state index contributed by atoms with van der Waals surface area (Å²) in [7, 11) is 0. The lowest BCUT2D eigenvalue weighted by Crippen LogP contribution is -2.51. The topological polar surface area (TPSA) is 83.6 Å². The van der Waals surface area contributed by atoms with Crippen LogP contribution in [0.4, 0.5) is 0 Å². The van der Waals surface area contributed by atoms with E-state index in [4.69, 9.17) is 10.8 Å². The average Bonchev–Trinajstić information content (AvgIpc) is 2.59. The van der Waals surface area contributed by atoms with Crippen molar-refractivity contribution >= 4 is 23.6 Å². The van der Waals surface area contributed by atoms with Gasteiger partial charge in [0.05, 0.1) is 11.4 Å². The molecule has 0 bridgehead atoms. The van der Waals surface area contributed by atoms with Gasteiger partial charge in [-0.2, -0.15) is 0 Å². The fourth-order valence-electron chi connectivity index (χ4n) is 1.79. The fourth-order valence-corrected chi connectivity index (χ4v) is 2.97. The highest BCUT2D eigenvalue weighted by Crippen LogP contribution is 2.29. The first-order valence-electron chi connectivity index (χ1n) is 5.41. The molecule has 3 atom stereocenters. The molecule has 3 N–H and O–H groups in total. The number of nitrogens with zero attached hydrogens (tertiary/aromatic N) is 1. The van der Waals surface area contributed by atoms with Gasteiger partial charge in [-0.1, -0.05) is 13.3 Å². The molecule has 16 heavy (non-hydrogen) atoms. The quantitative estimate of drug-likeness (QED) is 0.754. The van der Waals surface area contributed by atoms with E-state index in [1.54, 1.807) is 0 Å². The molecule has 1 saturated heterocycles. The minimum Gasteiger partial charge on any atom is -0.480 e. The molecule has 0 radical (unpaired) electrons. The van der Waals surface area contributed by atoms with E-state index >= 15 is 0 Å². The highest BCUT2D eigenvalue weighted by Gasteiger charge is 2.40. The Hall–Kier alpha value is -0.750. The average molecular weight is 246 g/mol. The SMILES string of the molecule is CCC[C@@H](N)C(=O)N1C(C)SCC1C(=O)O. The van der Waals surface area contributed by atoms with Gasteiger partial charge in [0.1, 0.15) is 6.04 Å². The van der Waals surface area contributed by atoms with Crippen LogP contribution in [0.5, 0.6) is 0 Å². The molecular weight excluding hydrogens is 228 g/mol.